The fourth-order valence-electron chi connectivity index (χ4n) is 2.88. The first-order valence-corrected chi connectivity index (χ1v) is 7.89. The fourth-order valence-corrected chi connectivity index (χ4v) is 2.88. The molecular weight excluding hydrogens is 296 g/mol. The molecule has 1 saturated heterocycles. The van der Waals surface area contributed by atoms with Gasteiger partial charge in [0.1, 0.15) is 0 Å². The van der Waals surface area contributed by atoms with Crippen LogP contribution < -0.4 is 0 Å². The predicted octanol–water partition coefficient (Wildman–Crippen LogP) is 0.0317. The second kappa shape index (κ2) is 8.08. The van der Waals surface area contributed by atoms with E-state index in [0.717, 1.165) is 5.56 Å². The maximum Gasteiger partial charge on any atom is 0.242 e. The number of rotatable bonds is 6. The summed E-state index contributed by atoms with van der Waals surface area (Å²) in [5, 5.41) is 19.0. The first-order chi connectivity index (χ1) is 11.0. The normalized spacial score (nSPS) is 20.6. The van der Waals surface area contributed by atoms with E-state index in [2.05, 4.69) is 0 Å². The monoisotopic (exact) mass is 320 g/mol. The summed E-state index contributed by atoms with van der Waals surface area (Å²) >= 11 is 0. The van der Waals surface area contributed by atoms with Crippen molar-refractivity contribution >= 4 is 11.8 Å². The van der Waals surface area contributed by atoms with Crippen LogP contribution in [0.2, 0.25) is 0 Å². The van der Waals surface area contributed by atoms with Crippen LogP contribution >= 0.6 is 0 Å². The van der Waals surface area contributed by atoms with Crippen molar-refractivity contribution in [1.82, 2.24) is 9.80 Å². The van der Waals surface area contributed by atoms with Crippen molar-refractivity contribution in [3.63, 3.8) is 0 Å². The van der Waals surface area contributed by atoms with Gasteiger partial charge >= 0.3 is 0 Å². The standard InChI is InChI=1S/C17H24N2O4/c1-13(21)18(8-7-14-5-3-2-4-6-14)11-17(23)19-10-16(22)9-15(19)12-20/h2-6,15-16,20,22H,7-12H2,1H3/t15-,16+/m0/s1. The molecule has 0 aromatic heterocycles. The van der Waals surface area contributed by atoms with Crippen LogP contribution in [-0.2, 0) is 16.0 Å². The molecule has 0 unspecified atom stereocenters. The number of hydrogen-bond donors (Lipinski definition) is 2. The molecule has 0 spiro atoms. The summed E-state index contributed by atoms with van der Waals surface area (Å²) in [6.07, 6.45) is 0.456. The Labute approximate surface area is 136 Å². The topological polar surface area (TPSA) is 81.1 Å². The lowest BCUT2D eigenvalue weighted by atomic mass is 10.1. The summed E-state index contributed by atoms with van der Waals surface area (Å²) in [5.41, 5.74) is 1.11. The van der Waals surface area contributed by atoms with E-state index in [4.69, 9.17) is 0 Å². The van der Waals surface area contributed by atoms with Gasteiger partial charge in [-0.15, -0.1) is 0 Å². The van der Waals surface area contributed by atoms with E-state index >= 15 is 0 Å². The Balaban J connectivity index is 1.93. The number of aliphatic hydroxyl groups excluding tert-OH is 2. The molecule has 6 heteroatoms. The molecule has 0 aliphatic carbocycles. The molecule has 2 amide bonds. The van der Waals surface area contributed by atoms with E-state index in [9.17, 15) is 19.8 Å². The molecule has 1 heterocycles. The number of likely N-dealkylation sites (tertiary alicyclic amines) is 1. The lowest BCUT2D eigenvalue weighted by molar-refractivity contribution is -0.140. The quantitative estimate of drug-likeness (QED) is 0.775. The summed E-state index contributed by atoms with van der Waals surface area (Å²) < 4.78 is 0. The van der Waals surface area contributed by atoms with Gasteiger partial charge in [0.05, 0.1) is 25.3 Å². The Kier molecular flexibility index (Phi) is 6.12. The molecule has 1 aromatic rings. The molecule has 1 aliphatic heterocycles. The Morgan fingerprint density at radius 3 is 2.61 bits per heavy atom. The van der Waals surface area contributed by atoms with Crippen LogP contribution in [0.25, 0.3) is 0 Å². The van der Waals surface area contributed by atoms with Crippen LogP contribution in [0.5, 0.6) is 0 Å². The minimum absolute atomic E-state index is 0.0224. The van der Waals surface area contributed by atoms with Crippen LogP contribution in [0.3, 0.4) is 0 Å². The van der Waals surface area contributed by atoms with Crippen molar-refractivity contribution in [1.29, 1.82) is 0 Å². The highest BCUT2D eigenvalue weighted by Crippen LogP contribution is 2.18. The largest absolute Gasteiger partial charge is 0.394 e. The number of hydrogen-bond acceptors (Lipinski definition) is 4. The highest BCUT2D eigenvalue weighted by molar-refractivity contribution is 5.84. The Bertz CT molecular complexity index is 535. The smallest absolute Gasteiger partial charge is 0.242 e. The first-order valence-electron chi connectivity index (χ1n) is 7.89. The molecule has 1 aliphatic rings. The van der Waals surface area contributed by atoms with Gasteiger partial charge in [-0.25, -0.2) is 0 Å². The van der Waals surface area contributed by atoms with Gasteiger partial charge in [0.25, 0.3) is 0 Å². The van der Waals surface area contributed by atoms with Crippen LogP contribution in [-0.4, -0.2) is 70.2 Å². The number of amides is 2. The summed E-state index contributed by atoms with van der Waals surface area (Å²) in [5.74, 6) is -0.390. The highest BCUT2D eigenvalue weighted by Gasteiger charge is 2.34. The van der Waals surface area contributed by atoms with Crippen molar-refractivity contribution in [2.75, 3.05) is 26.2 Å². The van der Waals surface area contributed by atoms with Crippen molar-refractivity contribution in [3.05, 3.63) is 35.9 Å². The van der Waals surface area contributed by atoms with Crippen molar-refractivity contribution in [3.8, 4) is 0 Å². The minimum atomic E-state index is -0.605. The summed E-state index contributed by atoms with van der Waals surface area (Å²) in [7, 11) is 0. The van der Waals surface area contributed by atoms with Gasteiger partial charge in [-0.05, 0) is 18.4 Å². The van der Waals surface area contributed by atoms with Crippen LogP contribution in [0, 0.1) is 0 Å². The lowest BCUT2D eigenvalue weighted by Crippen LogP contribution is -2.46. The van der Waals surface area contributed by atoms with Gasteiger partial charge in [0, 0.05) is 20.0 Å². The third-order valence-corrected chi connectivity index (χ3v) is 4.21. The molecule has 2 rings (SSSR count). The van der Waals surface area contributed by atoms with Crippen molar-refractivity contribution < 1.29 is 19.8 Å². The van der Waals surface area contributed by atoms with Crippen molar-refractivity contribution in [2.45, 2.75) is 31.9 Å². The van der Waals surface area contributed by atoms with E-state index in [-0.39, 0.29) is 37.6 Å². The zero-order valence-corrected chi connectivity index (χ0v) is 13.4. The second-order valence-electron chi connectivity index (χ2n) is 5.95. The average Bonchev–Trinajstić information content (AvgIpc) is 2.93. The van der Waals surface area contributed by atoms with E-state index in [0.29, 0.717) is 19.4 Å². The van der Waals surface area contributed by atoms with Crippen molar-refractivity contribution in [2.24, 2.45) is 0 Å². The third kappa shape index (κ3) is 4.77. The zero-order chi connectivity index (χ0) is 16.8. The number of benzene rings is 1. The number of carbonyl (C=O) groups is 2. The molecule has 2 atom stereocenters. The molecule has 1 fully saturated rings. The highest BCUT2D eigenvalue weighted by atomic mass is 16.3. The molecule has 0 saturated carbocycles. The first kappa shape index (κ1) is 17.4. The van der Waals surface area contributed by atoms with Gasteiger partial charge in [0.2, 0.25) is 11.8 Å². The second-order valence-corrected chi connectivity index (χ2v) is 5.95. The van der Waals surface area contributed by atoms with Crippen LogP contribution in [0.1, 0.15) is 18.9 Å². The maximum absolute atomic E-state index is 12.4. The molecule has 1 aromatic carbocycles. The van der Waals surface area contributed by atoms with E-state index in [1.807, 2.05) is 30.3 Å². The molecule has 0 bridgehead atoms. The van der Waals surface area contributed by atoms with E-state index in [1.165, 1.54) is 16.7 Å². The maximum atomic E-state index is 12.4. The van der Waals surface area contributed by atoms with E-state index < -0.39 is 6.10 Å². The SMILES string of the molecule is CC(=O)N(CCc1ccccc1)CC(=O)N1C[C@H](O)C[C@H]1CO. The molecule has 2 N–H and O–H groups in total. The van der Waals surface area contributed by atoms with Gasteiger partial charge in [0.15, 0.2) is 0 Å². The third-order valence-electron chi connectivity index (χ3n) is 4.21. The Morgan fingerprint density at radius 1 is 1.30 bits per heavy atom. The number of aliphatic hydroxyl groups is 2. The lowest BCUT2D eigenvalue weighted by Gasteiger charge is -2.27. The number of β-amino-alcohol motifs (C(OH)–C–C–N with tert-alkyl or cyclic N) is 1. The van der Waals surface area contributed by atoms with Gasteiger partial charge in [-0.1, -0.05) is 30.3 Å². The number of carbonyl (C=O) groups excluding carboxylic acids is 2. The molecular formula is C17H24N2O4. The molecule has 126 valence electrons. The van der Waals surface area contributed by atoms with Crippen LogP contribution in [0.15, 0.2) is 30.3 Å². The molecule has 6 nitrogen and oxygen atoms in total. The molecule has 0 radical (unpaired) electrons. The summed E-state index contributed by atoms with van der Waals surface area (Å²) in [6.45, 7) is 1.93. The Morgan fingerprint density at radius 2 is 2.00 bits per heavy atom. The van der Waals surface area contributed by atoms with E-state index in [1.54, 1.807) is 0 Å². The number of nitrogens with zero attached hydrogens (tertiary/aromatic N) is 2. The molecule has 23 heavy (non-hydrogen) atoms. The average molecular weight is 320 g/mol. The van der Waals surface area contributed by atoms with Crippen LogP contribution in [0.4, 0.5) is 0 Å². The summed E-state index contributed by atoms with van der Waals surface area (Å²) in [4.78, 5) is 27.2. The fraction of sp³-hybridized carbons (Fsp3) is 0.529. The predicted molar refractivity (Wildman–Crippen MR) is 85.6 cm³/mol. The summed E-state index contributed by atoms with van der Waals surface area (Å²) in [6, 6.07) is 9.42. The minimum Gasteiger partial charge on any atom is -0.394 e. The zero-order valence-electron chi connectivity index (χ0n) is 13.4. The van der Waals surface area contributed by atoms with Gasteiger partial charge in [-0.2, -0.15) is 0 Å². The Hall–Kier alpha value is -1.92. The van der Waals surface area contributed by atoms with Gasteiger partial charge in [-0.3, -0.25) is 9.59 Å². The van der Waals surface area contributed by atoms with Gasteiger partial charge < -0.3 is 20.0 Å².